The van der Waals surface area contributed by atoms with Crippen molar-refractivity contribution in [3.05, 3.63) is 34.9 Å². The van der Waals surface area contributed by atoms with Crippen LogP contribution in [-0.4, -0.2) is 57.3 Å². The molecule has 0 radical (unpaired) electrons. The van der Waals surface area contributed by atoms with Crippen LogP contribution in [0.1, 0.15) is 5.56 Å². The van der Waals surface area contributed by atoms with Gasteiger partial charge in [-0.2, -0.15) is 0 Å². The Morgan fingerprint density at radius 1 is 1.45 bits per heavy atom. The fourth-order valence-corrected chi connectivity index (χ4v) is 2.40. The van der Waals surface area contributed by atoms with Gasteiger partial charge in [-0.15, -0.1) is 0 Å². The van der Waals surface area contributed by atoms with Crippen LogP contribution in [0.15, 0.2) is 24.3 Å². The lowest BCUT2D eigenvalue weighted by Crippen LogP contribution is -2.41. The van der Waals surface area contributed by atoms with E-state index in [-0.39, 0.29) is 5.91 Å². The highest BCUT2D eigenvalue weighted by molar-refractivity contribution is 6.30. The van der Waals surface area contributed by atoms with Gasteiger partial charge in [-0.1, -0.05) is 11.6 Å². The Balaban J connectivity index is 1.79. The van der Waals surface area contributed by atoms with Crippen molar-refractivity contribution in [2.75, 3.05) is 46.5 Å². The summed E-state index contributed by atoms with van der Waals surface area (Å²) in [5, 5.41) is 3.48. The summed E-state index contributed by atoms with van der Waals surface area (Å²) >= 11 is 5.95. The van der Waals surface area contributed by atoms with Crippen molar-refractivity contribution in [1.82, 2.24) is 10.2 Å². The number of morpholine rings is 1. The lowest BCUT2D eigenvalue weighted by atomic mass is 10.2. The SMILES string of the molecule is COc1ccc(Cl)cc1/C=C/C(=O)NCCN1CCOCC1. The lowest BCUT2D eigenvalue weighted by molar-refractivity contribution is -0.116. The monoisotopic (exact) mass is 324 g/mol. The summed E-state index contributed by atoms with van der Waals surface area (Å²) in [5.41, 5.74) is 0.776. The van der Waals surface area contributed by atoms with Gasteiger partial charge < -0.3 is 14.8 Å². The van der Waals surface area contributed by atoms with Gasteiger partial charge in [0.05, 0.1) is 20.3 Å². The van der Waals surface area contributed by atoms with Crippen LogP contribution >= 0.6 is 11.6 Å². The van der Waals surface area contributed by atoms with Crippen molar-refractivity contribution in [3.8, 4) is 5.75 Å². The first-order valence-corrected chi connectivity index (χ1v) is 7.66. The number of carbonyl (C=O) groups is 1. The normalized spacial score (nSPS) is 15.9. The number of nitrogens with one attached hydrogen (secondary N) is 1. The van der Waals surface area contributed by atoms with Crippen LogP contribution in [0.5, 0.6) is 5.75 Å². The zero-order chi connectivity index (χ0) is 15.8. The summed E-state index contributed by atoms with van der Waals surface area (Å²) in [5.74, 6) is 0.553. The van der Waals surface area contributed by atoms with Gasteiger partial charge in [0, 0.05) is 42.8 Å². The highest BCUT2D eigenvalue weighted by Crippen LogP contribution is 2.23. The summed E-state index contributed by atoms with van der Waals surface area (Å²) in [7, 11) is 1.59. The molecule has 1 saturated heterocycles. The number of carbonyl (C=O) groups excluding carboxylic acids is 1. The van der Waals surface area contributed by atoms with E-state index in [2.05, 4.69) is 10.2 Å². The van der Waals surface area contributed by atoms with E-state index >= 15 is 0 Å². The Hall–Kier alpha value is -1.56. The Morgan fingerprint density at radius 2 is 2.23 bits per heavy atom. The molecule has 1 aromatic rings. The number of rotatable bonds is 6. The van der Waals surface area contributed by atoms with Crippen LogP contribution in [0.25, 0.3) is 6.08 Å². The molecule has 0 atom stereocenters. The van der Waals surface area contributed by atoms with Crippen LogP contribution in [0.2, 0.25) is 5.02 Å². The smallest absolute Gasteiger partial charge is 0.244 e. The van der Waals surface area contributed by atoms with Gasteiger partial charge >= 0.3 is 0 Å². The fraction of sp³-hybridized carbons (Fsp3) is 0.438. The van der Waals surface area contributed by atoms with Gasteiger partial charge in [-0.3, -0.25) is 9.69 Å². The average molecular weight is 325 g/mol. The van der Waals surface area contributed by atoms with E-state index in [1.54, 1.807) is 31.4 Å². The predicted octanol–water partition coefficient (Wildman–Crippen LogP) is 1.81. The highest BCUT2D eigenvalue weighted by Gasteiger charge is 2.09. The number of ether oxygens (including phenoxy) is 2. The molecule has 2 rings (SSSR count). The molecule has 1 aliphatic heterocycles. The number of halogens is 1. The van der Waals surface area contributed by atoms with Gasteiger partial charge in [0.2, 0.25) is 5.91 Å². The molecule has 1 amide bonds. The topological polar surface area (TPSA) is 50.8 Å². The molecule has 6 heteroatoms. The second kappa shape index (κ2) is 8.78. The summed E-state index contributed by atoms with van der Waals surface area (Å²) in [6, 6.07) is 5.29. The average Bonchev–Trinajstić information content (AvgIpc) is 2.54. The first kappa shape index (κ1) is 16.8. The van der Waals surface area contributed by atoms with Crippen molar-refractivity contribution >= 4 is 23.6 Å². The Labute approximate surface area is 135 Å². The third-order valence-corrected chi connectivity index (χ3v) is 3.67. The van der Waals surface area contributed by atoms with E-state index < -0.39 is 0 Å². The van der Waals surface area contributed by atoms with Gasteiger partial charge in [-0.25, -0.2) is 0 Å². The van der Waals surface area contributed by atoms with Crippen LogP contribution in [0.4, 0.5) is 0 Å². The van der Waals surface area contributed by atoms with E-state index in [0.29, 0.717) is 17.3 Å². The van der Waals surface area contributed by atoms with Crippen molar-refractivity contribution in [3.63, 3.8) is 0 Å². The summed E-state index contributed by atoms with van der Waals surface area (Å²) < 4.78 is 10.5. The zero-order valence-corrected chi connectivity index (χ0v) is 13.4. The molecule has 1 aromatic carbocycles. The van der Waals surface area contributed by atoms with Crippen molar-refractivity contribution in [2.24, 2.45) is 0 Å². The number of hydrogen-bond acceptors (Lipinski definition) is 4. The Kier molecular flexibility index (Phi) is 6.71. The van der Waals surface area contributed by atoms with E-state index in [0.717, 1.165) is 38.4 Å². The molecule has 1 N–H and O–H groups in total. The molecule has 120 valence electrons. The van der Waals surface area contributed by atoms with Crippen molar-refractivity contribution < 1.29 is 14.3 Å². The molecule has 1 heterocycles. The highest BCUT2D eigenvalue weighted by atomic mass is 35.5. The van der Waals surface area contributed by atoms with Crippen LogP contribution in [0.3, 0.4) is 0 Å². The lowest BCUT2D eigenvalue weighted by Gasteiger charge is -2.26. The minimum atomic E-state index is -0.129. The molecular formula is C16H21ClN2O3. The summed E-state index contributed by atoms with van der Waals surface area (Å²) in [4.78, 5) is 14.1. The van der Waals surface area contributed by atoms with E-state index in [1.165, 1.54) is 6.08 Å². The van der Waals surface area contributed by atoms with E-state index in [9.17, 15) is 4.79 Å². The number of benzene rings is 1. The van der Waals surface area contributed by atoms with Crippen molar-refractivity contribution in [2.45, 2.75) is 0 Å². The summed E-state index contributed by atoms with van der Waals surface area (Å²) in [6.45, 7) is 4.83. The fourth-order valence-electron chi connectivity index (χ4n) is 2.22. The molecule has 1 aliphatic rings. The minimum absolute atomic E-state index is 0.129. The number of amides is 1. The van der Waals surface area contributed by atoms with Crippen LogP contribution < -0.4 is 10.1 Å². The van der Waals surface area contributed by atoms with Gasteiger partial charge in [-0.05, 0) is 24.3 Å². The van der Waals surface area contributed by atoms with Gasteiger partial charge in [0.1, 0.15) is 5.75 Å². The number of hydrogen-bond donors (Lipinski definition) is 1. The molecule has 0 spiro atoms. The van der Waals surface area contributed by atoms with Crippen LogP contribution in [-0.2, 0) is 9.53 Å². The van der Waals surface area contributed by atoms with Gasteiger partial charge in [0.25, 0.3) is 0 Å². The third-order valence-electron chi connectivity index (χ3n) is 3.44. The van der Waals surface area contributed by atoms with E-state index in [1.807, 2.05) is 0 Å². The molecule has 22 heavy (non-hydrogen) atoms. The molecular weight excluding hydrogens is 304 g/mol. The first-order valence-electron chi connectivity index (χ1n) is 7.28. The second-order valence-electron chi connectivity index (χ2n) is 4.96. The summed E-state index contributed by atoms with van der Waals surface area (Å²) in [6.07, 6.45) is 3.20. The maximum Gasteiger partial charge on any atom is 0.244 e. The van der Waals surface area contributed by atoms with Gasteiger partial charge in [0.15, 0.2) is 0 Å². The molecule has 0 unspecified atom stereocenters. The molecule has 0 aromatic heterocycles. The molecule has 0 bridgehead atoms. The quantitative estimate of drug-likeness (QED) is 0.811. The molecule has 1 fully saturated rings. The standard InChI is InChI=1S/C16H21ClN2O3/c1-21-15-4-3-14(17)12-13(15)2-5-16(20)18-6-7-19-8-10-22-11-9-19/h2-5,12H,6-11H2,1H3,(H,18,20)/b5-2+. The maximum absolute atomic E-state index is 11.8. The Morgan fingerprint density at radius 3 is 2.95 bits per heavy atom. The molecule has 0 aliphatic carbocycles. The zero-order valence-electron chi connectivity index (χ0n) is 12.7. The largest absolute Gasteiger partial charge is 0.496 e. The number of methoxy groups -OCH3 is 1. The molecule has 5 nitrogen and oxygen atoms in total. The Bertz CT molecular complexity index is 528. The third kappa shape index (κ3) is 5.33. The number of nitrogens with zero attached hydrogens (tertiary/aromatic N) is 1. The van der Waals surface area contributed by atoms with E-state index in [4.69, 9.17) is 21.1 Å². The second-order valence-corrected chi connectivity index (χ2v) is 5.40. The first-order chi connectivity index (χ1) is 10.7. The van der Waals surface area contributed by atoms with Crippen LogP contribution in [0, 0.1) is 0 Å². The minimum Gasteiger partial charge on any atom is -0.496 e. The molecule has 0 saturated carbocycles. The van der Waals surface area contributed by atoms with Crippen molar-refractivity contribution in [1.29, 1.82) is 0 Å². The maximum atomic E-state index is 11.8. The predicted molar refractivity (Wildman–Crippen MR) is 87.3 cm³/mol.